The van der Waals surface area contributed by atoms with Gasteiger partial charge in [-0.25, -0.2) is 5.43 Å². The normalized spacial score (nSPS) is 22.8. The molecule has 3 rings (SSSR count). The van der Waals surface area contributed by atoms with Crippen LogP contribution in [0.25, 0.3) is 0 Å². The van der Waals surface area contributed by atoms with E-state index in [-0.39, 0.29) is 0 Å². The molecule has 3 unspecified atom stereocenters. The van der Waals surface area contributed by atoms with Crippen molar-refractivity contribution in [2.45, 2.75) is 19.5 Å². The van der Waals surface area contributed by atoms with Crippen molar-refractivity contribution >= 4 is 0 Å². The van der Waals surface area contributed by atoms with Gasteiger partial charge >= 0.3 is 0 Å². The number of hydrogen-bond donors (Lipinski definition) is 3. The van der Waals surface area contributed by atoms with Crippen LogP contribution in [0, 0.1) is 11.8 Å². The zero-order valence-corrected chi connectivity index (χ0v) is 12.9. The van der Waals surface area contributed by atoms with Gasteiger partial charge < -0.3 is 5.32 Å². The molecule has 0 spiro atoms. The molecule has 0 aliphatic carbocycles. The van der Waals surface area contributed by atoms with Crippen LogP contribution in [-0.4, -0.2) is 34.4 Å². The topological polar surface area (TPSA) is 66.8 Å². The van der Waals surface area contributed by atoms with Gasteiger partial charge in [0, 0.05) is 50.3 Å². The second-order valence-electron chi connectivity index (χ2n) is 6.04. The number of aromatic nitrogens is 3. The Balaban J connectivity index is 1.44. The molecule has 22 heavy (non-hydrogen) atoms. The van der Waals surface area contributed by atoms with E-state index in [0.29, 0.717) is 17.9 Å². The molecule has 0 radical (unpaired) electrons. The third-order valence-corrected chi connectivity index (χ3v) is 4.09. The van der Waals surface area contributed by atoms with Gasteiger partial charge in [-0.3, -0.25) is 15.1 Å². The fourth-order valence-electron chi connectivity index (χ4n) is 2.95. The lowest BCUT2D eigenvalue weighted by atomic mass is 9.96. The highest BCUT2D eigenvalue weighted by molar-refractivity contribution is 5.16. The van der Waals surface area contributed by atoms with Crippen LogP contribution in [0.2, 0.25) is 0 Å². The molecule has 3 atom stereocenters. The number of nitrogens with one attached hydrogen (secondary N) is 3. The first-order valence-electron chi connectivity index (χ1n) is 7.89. The third-order valence-electron chi connectivity index (χ3n) is 4.09. The van der Waals surface area contributed by atoms with Gasteiger partial charge in [-0.2, -0.15) is 5.10 Å². The number of hydrogen-bond acceptors (Lipinski definition) is 5. The average molecular weight is 300 g/mol. The first-order valence-corrected chi connectivity index (χ1v) is 7.89. The number of rotatable bonds is 7. The molecule has 1 saturated heterocycles. The molecule has 0 saturated carbocycles. The van der Waals surface area contributed by atoms with E-state index in [1.54, 1.807) is 0 Å². The van der Waals surface area contributed by atoms with E-state index in [4.69, 9.17) is 0 Å². The standard InChI is InChI=1S/C16H24N6/c1-13(12-22-7-3-6-20-22)8-18-10-15-11-19-21-16(15)14-4-2-5-17-9-14/h2-7,9,13,15-16,18-19,21H,8,10-12H2,1H3. The Bertz CT molecular complexity index is 541. The molecule has 3 N–H and O–H groups in total. The summed E-state index contributed by atoms with van der Waals surface area (Å²) in [6.45, 7) is 6.16. The molecule has 0 amide bonds. The van der Waals surface area contributed by atoms with Crippen molar-refractivity contribution in [3.05, 3.63) is 48.5 Å². The van der Waals surface area contributed by atoms with Crippen molar-refractivity contribution < 1.29 is 0 Å². The van der Waals surface area contributed by atoms with Crippen LogP contribution in [0.15, 0.2) is 43.0 Å². The molecule has 1 aliphatic heterocycles. The second-order valence-corrected chi connectivity index (χ2v) is 6.04. The highest BCUT2D eigenvalue weighted by Crippen LogP contribution is 2.23. The van der Waals surface area contributed by atoms with Gasteiger partial charge in [-0.05, 0) is 30.2 Å². The minimum absolute atomic E-state index is 0.322. The Morgan fingerprint density at radius 2 is 2.36 bits per heavy atom. The van der Waals surface area contributed by atoms with Crippen molar-refractivity contribution in [3.8, 4) is 0 Å². The first-order chi connectivity index (χ1) is 10.8. The summed E-state index contributed by atoms with van der Waals surface area (Å²) in [6.07, 6.45) is 7.60. The Labute approximate surface area is 131 Å². The quantitative estimate of drug-likeness (QED) is 0.711. The van der Waals surface area contributed by atoms with Crippen molar-refractivity contribution in [1.82, 2.24) is 30.9 Å². The van der Waals surface area contributed by atoms with Crippen molar-refractivity contribution in [2.24, 2.45) is 11.8 Å². The molecular formula is C16H24N6. The summed E-state index contributed by atoms with van der Waals surface area (Å²) in [5, 5.41) is 7.85. The summed E-state index contributed by atoms with van der Waals surface area (Å²) in [5.41, 5.74) is 7.86. The third kappa shape index (κ3) is 3.91. The number of nitrogens with zero attached hydrogens (tertiary/aromatic N) is 3. The molecule has 0 bridgehead atoms. The number of hydrazine groups is 1. The molecule has 1 aliphatic rings. The van der Waals surface area contributed by atoms with Crippen LogP contribution in [0.4, 0.5) is 0 Å². The number of pyridine rings is 1. The van der Waals surface area contributed by atoms with Crippen molar-refractivity contribution in [2.75, 3.05) is 19.6 Å². The molecular weight excluding hydrogens is 276 g/mol. The first kappa shape index (κ1) is 15.1. The Hall–Kier alpha value is -1.76. The van der Waals surface area contributed by atoms with Crippen molar-refractivity contribution in [3.63, 3.8) is 0 Å². The van der Waals surface area contributed by atoms with E-state index in [1.807, 2.05) is 41.6 Å². The Morgan fingerprint density at radius 1 is 1.41 bits per heavy atom. The summed E-state index contributed by atoms with van der Waals surface area (Å²) in [5.74, 6) is 1.08. The van der Waals surface area contributed by atoms with E-state index < -0.39 is 0 Å². The SMILES string of the molecule is CC(CNCC1CNNC1c1cccnc1)Cn1cccn1. The second kappa shape index (κ2) is 7.49. The summed E-state index contributed by atoms with van der Waals surface area (Å²) in [4.78, 5) is 4.22. The molecule has 0 aromatic carbocycles. The summed E-state index contributed by atoms with van der Waals surface area (Å²) in [6, 6.07) is 6.41. The largest absolute Gasteiger partial charge is 0.316 e. The molecule has 6 nitrogen and oxygen atoms in total. The summed E-state index contributed by atoms with van der Waals surface area (Å²) in [7, 11) is 0. The lowest BCUT2D eigenvalue weighted by Crippen LogP contribution is -2.32. The molecule has 3 heterocycles. The molecule has 118 valence electrons. The van der Waals surface area contributed by atoms with E-state index in [0.717, 1.165) is 26.2 Å². The van der Waals surface area contributed by atoms with E-state index >= 15 is 0 Å². The fraction of sp³-hybridized carbons (Fsp3) is 0.500. The molecule has 2 aromatic heterocycles. The van der Waals surface area contributed by atoms with Gasteiger partial charge in [-0.15, -0.1) is 0 Å². The van der Waals surface area contributed by atoms with Crippen molar-refractivity contribution in [1.29, 1.82) is 0 Å². The van der Waals surface area contributed by atoms with Crippen LogP contribution in [0.1, 0.15) is 18.5 Å². The smallest absolute Gasteiger partial charge is 0.0530 e. The predicted octanol–water partition coefficient (Wildman–Crippen LogP) is 0.969. The van der Waals surface area contributed by atoms with Gasteiger partial charge in [-0.1, -0.05) is 13.0 Å². The summed E-state index contributed by atoms with van der Waals surface area (Å²) < 4.78 is 1.99. The fourth-order valence-corrected chi connectivity index (χ4v) is 2.95. The zero-order valence-electron chi connectivity index (χ0n) is 12.9. The highest BCUT2D eigenvalue weighted by Gasteiger charge is 2.27. The monoisotopic (exact) mass is 300 g/mol. The lowest BCUT2D eigenvalue weighted by molar-refractivity contribution is 0.386. The van der Waals surface area contributed by atoms with E-state index in [1.165, 1.54) is 5.56 Å². The van der Waals surface area contributed by atoms with Crippen LogP contribution in [-0.2, 0) is 6.54 Å². The molecule has 1 fully saturated rings. The minimum atomic E-state index is 0.322. The minimum Gasteiger partial charge on any atom is -0.316 e. The van der Waals surface area contributed by atoms with Gasteiger partial charge in [0.2, 0.25) is 0 Å². The Morgan fingerprint density at radius 3 is 3.14 bits per heavy atom. The van der Waals surface area contributed by atoms with Crippen LogP contribution in [0.5, 0.6) is 0 Å². The maximum absolute atomic E-state index is 4.26. The van der Waals surface area contributed by atoms with E-state index in [2.05, 4.69) is 39.2 Å². The van der Waals surface area contributed by atoms with Gasteiger partial charge in [0.25, 0.3) is 0 Å². The zero-order chi connectivity index (χ0) is 15.2. The average Bonchev–Trinajstić information content (AvgIpc) is 3.20. The summed E-state index contributed by atoms with van der Waals surface area (Å²) >= 11 is 0. The maximum atomic E-state index is 4.26. The molecule has 6 heteroatoms. The highest BCUT2D eigenvalue weighted by atomic mass is 15.4. The Kier molecular flexibility index (Phi) is 5.15. The van der Waals surface area contributed by atoms with Gasteiger partial charge in [0.1, 0.15) is 0 Å². The lowest BCUT2D eigenvalue weighted by Gasteiger charge is -2.20. The predicted molar refractivity (Wildman–Crippen MR) is 85.9 cm³/mol. The van der Waals surface area contributed by atoms with Crippen LogP contribution >= 0.6 is 0 Å². The van der Waals surface area contributed by atoms with Gasteiger partial charge in [0.15, 0.2) is 0 Å². The van der Waals surface area contributed by atoms with Crippen LogP contribution < -0.4 is 16.2 Å². The van der Waals surface area contributed by atoms with E-state index in [9.17, 15) is 0 Å². The molecule has 2 aromatic rings. The maximum Gasteiger partial charge on any atom is 0.0530 e. The van der Waals surface area contributed by atoms with Gasteiger partial charge in [0.05, 0.1) is 6.04 Å². The van der Waals surface area contributed by atoms with Crippen LogP contribution in [0.3, 0.4) is 0 Å².